The number of oxime groups is 1. The number of aliphatic imine (C=N–C) groups is 1. The Labute approximate surface area is 105 Å². The quantitative estimate of drug-likeness (QED) is 0.684. The molecule has 18 heavy (non-hydrogen) atoms. The van der Waals surface area contributed by atoms with Gasteiger partial charge in [0.15, 0.2) is 5.84 Å². The highest BCUT2D eigenvalue weighted by molar-refractivity contribution is 5.95. The van der Waals surface area contributed by atoms with E-state index < -0.39 is 6.09 Å². The van der Waals surface area contributed by atoms with Crippen molar-refractivity contribution < 1.29 is 14.7 Å². The Hall–Kier alpha value is -1.79. The van der Waals surface area contributed by atoms with Crippen LogP contribution in [0.5, 0.6) is 0 Å². The van der Waals surface area contributed by atoms with E-state index in [0.717, 1.165) is 32.1 Å². The lowest BCUT2D eigenvalue weighted by molar-refractivity contribution is 0.0733. The van der Waals surface area contributed by atoms with Crippen LogP contribution >= 0.6 is 0 Å². The Balaban J connectivity index is 1.81. The fraction of sp³-hybridized carbons (Fsp3) is 0.727. The van der Waals surface area contributed by atoms with Crippen LogP contribution in [0.1, 0.15) is 38.5 Å². The van der Waals surface area contributed by atoms with E-state index in [2.05, 4.69) is 15.5 Å². The molecule has 4 N–H and O–H groups in total. The summed E-state index contributed by atoms with van der Waals surface area (Å²) in [7, 11) is 0. The lowest BCUT2D eigenvalue weighted by atomic mass is 10.0. The molecule has 7 nitrogen and oxygen atoms in total. The van der Waals surface area contributed by atoms with E-state index in [-0.39, 0.29) is 12.1 Å². The van der Waals surface area contributed by atoms with E-state index in [0.29, 0.717) is 18.1 Å². The van der Waals surface area contributed by atoms with Gasteiger partial charge in [-0.05, 0) is 12.8 Å². The van der Waals surface area contributed by atoms with Gasteiger partial charge in [-0.25, -0.2) is 4.79 Å². The summed E-state index contributed by atoms with van der Waals surface area (Å²) >= 11 is 0. The highest BCUT2D eigenvalue weighted by Crippen LogP contribution is 2.21. The second-order valence-electron chi connectivity index (χ2n) is 4.66. The average molecular weight is 254 g/mol. The molecule has 0 radical (unpaired) electrons. The van der Waals surface area contributed by atoms with Crippen LogP contribution in [0.15, 0.2) is 10.1 Å². The van der Waals surface area contributed by atoms with E-state index in [4.69, 9.17) is 15.7 Å². The molecule has 0 bridgehead atoms. The molecule has 2 rings (SSSR count). The zero-order valence-corrected chi connectivity index (χ0v) is 10.1. The molecule has 1 amide bonds. The van der Waals surface area contributed by atoms with Gasteiger partial charge < -0.3 is 15.7 Å². The first-order chi connectivity index (χ1) is 8.63. The summed E-state index contributed by atoms with van der Waals surface area (Å²) in [5.41, 5.74) is 5.78. The number of amides is 1. The molecular formula is C11H18N4O3. The third-order valence-corrected chi connectivity index (χ3v) is 3.09. The maximum atomic E-state index is 10.5. The molecule has 0 aromatic heterocycles. The Morgan fingerprint density at radius 2 is 2.39 bits per heavy atom. The minimum absolute atomic E-state index is 0.105. The van der Waals surface area contributed by atoms with Crippen molar-refractivity contribution in [3.63, 3.8) is 0 Å². The van der Waals surface area contributed by atoms with Crippen molar-refractivity contribution in [2.75, 3.05) is 0 Å². The maximum absolute atomic E-state index is 10.5. The fourth-order valence-electron chi connectivity index (χ4n) is 2.28. The summed E-state index contributed by atoms with van der Waals surface area (Å²) in [5, 5.41) is 14.5. The second-order valence-corrected chi connectivity index (χ2v) is 4.66. The van der Waals surface area contributed by atoms with Crippen LogP contribution in [-0.4, -0.2) is 35.0 Å². The highest BCUT2D eigenvalue weighted by Gasteiger charge is 2.26. The monoisotopic (exact) mass is 254 g/mol. The number of carbonyl (C=O) groups is 1. The first-order valence-electron chi connectivity index (χ1n) is 6.18. The van der Waals surface area contributed by atoms with Gasteiger partial charge in [0, 0.05) is 19.3 Å². The summed E-state index contributed by atoms with van der Waals surface area (Å²) in [5.74, 6) is 1.07. The minimum atomic E-state index is -1.12. The molecule has 7 heteroatoms. The molecule has 0 aliphatic carbocycles. The predicted octanol–water partition coefficient (Wildman–Crippen LogP) is 1.05. The smallest absolute Gasteiger partial charge is 0.410 e. The second kappa shape index (κ2) is 5.70. The summed E-state index contributed by atoms with van der Waals surface area (Å²) in [6.07, 6.45) is 4.06. The van der Waals surface area contributed by atoms with Crippen molar-refractivity contribution in [3.05, 3.63) is 0 Å². The zero-order chi connectivity index (χ0) is 13.0. The Morgan fingerprint density at radius 1 is 1.56 bits per heavy atom. The fourth-order valence-corrected chi connectivity index (χ4v) is 2.28. The van der Waals surface area contributed by atoms with Crippen LogP contribution in [0.2, 0.25) is 0 Å². The Kier molecular flexibility index (Phi) is 4.01. The molecule has 2 atom stereocenters. The third kappa shape index (κ3) is 3.61. The number of hydrogen-bond acceptors (Lipinski definition) is 5. The van der Waals surface area contributed by atoms with E-state index in [9.17, 15) is 4.79 Å². The normalized spacial score (nSPS) is 27.8. The number of nitrogens with zero attached hydrogens (tertiary/aromatic N) is 2. The number of amidine groups is 2. The molecule has 0 saturated heterocycles. The molecule has 2 unspecified atom stereocenters. The lowest BCUT2D eigenvalue weighted by Crippen LogP contribution is -2.29. The van der Waals surface area contributed by atoms with E-state index in [1.165, 1.54) is 0 Å². The Morgan fingerprint density at radius 3 is 3.17 bits per heavy atom. The van der Waals surface area contributed by atoms with Crippen molar-refractivity contribution in [2.45, 2.75) is 50.7 Å². The van der Waals surface area contributed by atoms with Crippen LogP contribution in [0.3, 0.4) is 0 Å². The SMILES string of the molecule is NC1=NC(CC2CC(NC(=O)O)=NO2)CCCC1. The average Bonchev–Trinajstić information content (AvgIpc) is 2.59. The topological polar surface area (TPSA) is 109 Å². The van der Waals surface area contributed by atoms with Crippen molar-refractivity contribution in [1.29, 1.82) is 0 Å². The zero-order valence-electron chi connectivity index (χ0n) is 10.1. The van der Waals surface area contributed by atoms with E-state index in [1.54, 1.807) is 0 Å². The van der Waals surface area contributed by atoms with Gasteiger partial charge in [0.05, 0.1) is 11.9 Å². The van der Waals surface area contributed by atoms with E-state index in [1.807, 2.05) is 0 Å². The van der Waals surface area contributed by atoms with Gasteiger partial charge in [-0.2, -0.15) is 0 Å². The van der Waals surface area contributed by atoms with Gasteiger partial charge in [0.25, 0.3) is 0 Å². The summed E-state index contributed by atoms with van der Waals surface area (Å²) < 4.78 is 0. The van der Waals surface area contributed by atoms with E-state index >= 15 is 0 Å². The highest BCUT2D eigenvalue weighted by atomic mass is 16.6. The first kappa shape index (κ1) is 12.7. The molecular weight excluding hydrogens is 236 g/mol. The molecule has 100 valence electrons. The first-order valence-corrected chi connectivity index (χ1v) is 6.18. The largest absolute Gasteiger partial charge is 0.465 e. The van der Waals surface area contributed by atoms with Gasteiger partial charge in [0.2, 0.25) is 0 Å². The number of nitrogens with two attached hydrogens (primary N) is 1. The molecule has 0 saturated carbocycles. The summed E-state index contributed by atoms with van der Waals surface area (Å²) in [6.45, 7) is 0. The Bertz CT molecular complexity index is 380. The van der Waals surface area contributed by atoms with Crippen LogP contribution in [0.4, 0.5) is 4.79 Å². The van der Waals surface area contributed by atoms with Crippen LogP contribution in [0, 0.1) is 0 Å². The van der Waals surface area contributed by atoms with Gasteiger partial charge >= 0.3 is 6.09 Å². The number of nitrogens with one attached hydrogen (secondary N) is 1. The minimum Gasteiger partial charge on any atom is -0.465 e. The standard InChI is InChI=1S/C11H18N4O3/c12-9-4-2-1-3-7(13-9)5-8-6-10(15-18-8)14-11(16)17/h7-8H,1-6H2,(H2,12,13)(H,14,15)(H,16,17). The third-order valence-electron chi connectivity index (χ3n) is 3.09. The number of carboxylic acid groups (broad SMARTS) is 1. The van der Waals surface area contributed by atoms with Gasteiger partial charge in [-0.3, -0.25) is 10.3 Å². The molecule has 2 heterocycles. The van der Waals surface area contributed by atoms with Crippen LogP contribution < -0.4 is 11.1 Å². The maximum Gasteiger partial charge on any atom is 0.410 e. The molecule has 0 aromatic carbocycles. The molecule has 2 aliphatic heterocycles. The summed E-state index contributed by atoms with van der Waals surface area (Å²) in [4.78, 5) is 20.1. The van der Waals surface area contributed by atoms with Crippen LogP contribution in [0.25, 0.3) is 0 Å². The van der Waals surface area contributed by atoms with Crippen molar-refractivity contribution >= 4 is 17.8 Å². The van der Waals surface area contributed by atoms with Gasteiger partial charge in [-0.15, -0.1) is 0 Å². The lowest BCUT2D eigenvalue weighted by Gasteiger charge is -2.14. The van der Waals surface area contributed by atoms with Gasteiger partial charge in [-0.1, -0.05) is 11.6 Å². The number of rotatable bonds is 2. The van der Waals surface area contributed by atoms with Crippen LogP contribution in [-0.2, 0) is 4.84 Å². The molecule has 2 aliphatic rings. The van der Waals surface area contributed by atoms with Crippen molar-refractivity contribution in [2.24, 2.45) is 15.9 Å². The van der Waals surface area contributed by atoms with Crippen molar-refractivity contribution in [1.82, 2.24) is 5.32 Å². The van der Waals surface area contributed by atoms with Crippen molar-refractivity contribution in [3.8, 4) is 0 Å². The summed E-state index contributed by atoms with van der Waals surface area (Å²) in [6, 6.07) is 0.164. The molecule has 0 spiro atoms. The molecule has 0 fully saturated rings. The predicted molar refractivity (Wildman–Crippen MR) is 66.6 cm³/mol. The molecule has 0 aromatic rings. The van der Waals surface area contributed by atoms with Gasteiger partial charge in [0.1, 0.15) is 6.10 Å². The number of hydrogen-bond donors (Lipinski definition) is 3.